The Kier molecular flexibility index (Phi) is 4.07. The van der Waals surface area contributed by atoms with Gasteiger partial charge < -0.3 is 0 Å². The highest BCUT2D eigenvalue weighted by Gasteiger charge is 2.29. The molecule has 0 saturated heterocycles. The smallest absolute Gasteiger partial charge is 0.200 e. The van der Waals surface area contributed by atoms with Gasteiger partial charge in [0.05, 0.1) is 11.3 Å². The first-order valence-corrected chi connectivity index (χ1v) is 4.95. The van der Waals surface area contributed by atoms with E-state index in [1.165, 1.54) is 5.40 Å². The van der Waals surface area contributed by atoms with Crippen molar-refractivity contribution >= 4 is 17.5 Å². The van der Waals surface area contributed by atoms with Crippen LogP contribution in [0.3, 0.4) is 0 Å². The van der Waals surface area contributed by atoms with Crippen LogP contribution in [0.25, 0.3) is 0 Å². The highest BCUT2D eigenvalue weighted by molar-refractivity contribution is 8.04. The fraction of sp³-hybridized carbons (Fsp3) is 0.111. The number of halogens is 5. The van der Waals surface area contributed by atoms with E-state index in [2.05, 4.69) is 0 Å². The zero-order valence-corrected chi connectivity index (χ0v) is 8.68. The molecule has 17 heavy (non-hydrogen) atoms. The molecule has 0 unspecified atom stereocenters. The predicted molar refractivity (Wildman–Crippen MR) is 48.6 cm³/mol. The number of hydrogen-bond acceptors (Lipinski definition) is 3. The van der Waals surface area contributed by atoms with Gasteiger partial charge in [0, 0.05) is 0 Å². The Morgan fingerprint density at radius 3 is 1.82 bits per heavy atom. The molecule has 0 saturated carbocycles. The van der Waals surface area contributed by atoms with Gasteiger partial charge in [-0.05, 0) is 11.8 Å². The van der Waals surface area contributed by atoms with Crippen LogP contribution in [0.4, 0.5) is 22.0 Å². The van der Waals surface area contributed by atoms with Crippen molar-refractivity contribution in [2.45, 2.75) is 0 Å². The van der Waals surface area contributed by atoms with Crippen LogP contribution in [0.2, 0.25) is 0 Å². The van der Waals surface area contributed by atoms with E-state index in [0.717, 1.165) is 0 Å². The second-order valence-corrected chi connectivity index (χ2v) is 3.51. The summed E-state index contributed by atoms with van der Waals surface area (Å²) in [5.41, 5.74) is -1.52. The Bertz CT molecular complexity index is 496. The molecule has 0 amide bonds. The van der Waals surface area contributed by atoms with Crippen molar-refractivity contribution in [1.82, 2.24) is 0 Å². The molecule has 0 spiro atoms. The fourth-order valence-electron chi connectivity index (χ4n) is 1.02. The second kappa shape index (κ2) is 5.14. The fourth-order valence-corrected chi connectivity index (χ4v) is 1.36. The summed E-state index contributed by atoms with van der Waals surface area (Å²) in [5, 5.41) is 9.56. The molecular weight excluding hydrogens is 265 g/mol. The molecule has 0 bridgehead atoms. The van der Waals surface area contributed by atoms with Gasteiger partial charge >= 0.3 is 0 Å². The largest absolute Gasteiger partial charge is 0.293 e. The van der Waals surface area contributed by atoms with Gasteiger partial charge in [-0.2, -0.15) is 5.26 Å². The summed E-state index contributed by atoms with van der Waals surface area (Å²) in [4.78, 5) is 11.2. The molecule has 90 valence electrons. The van der Waals surface area contributed by atoms with Crippen LogP contribution in [-0.4, -0.2) is 11.5 Å². The van der Waals surface area contributed by atoms with Gasteiger partial charge in [0.2, 0.25) is 5.82 Å². The van der Waals surface area contributed by atoms with E-state index in [4.69, 9.17) is 5.26 Å². The molecule has 2 nitrogen and oxygen atoms in total. The van der Waals surface area contributed by atoms with Gasteiger partial charge in [0.15, 0.2) is 29.1 Å². The Hall–Kier alpha value is -1.62. The third-order valence-electron chi connectivity index (χ3n) is 1.76. The number of thioether (sulfide) groups is 1. The maximum atomic E-state index is 13.0. The normalized spacial score (nSPS) is 10.1. The Morgan fingerprint density at radius 2 is 1.41 bits per heavy atom. The van der Waals surface area contributed by atoms with E-state index in [-0.39, 0.29) is 0 Å². The van der Waals surface area contributed by atoms with Crippen molar-refractivity contribution in [3.05, 3.63) is 34.6 Å². The van der Waals surface area contributed by atoms with E-state index in [1.807, 2.05) is 0 Å². The zero-order chi connectivity index (χ0) is 13.2. The standard InChI is InChI=1S/C9H2F5NOS/c10-5-4(3(16)1-17-2-15)6(11)8(13)9(14)7(5)12/h1H2. The van der Waals surface area contributed by atoms with Gasteiger partial charge in [-0.1, -0.05) is 0 Å². The van der Waals surface area contributed by atoms with Crippen molar-refractivity contribution < 1.29 is 26.7 Å². The van der Waals surface area contributed by atoms with E-state index in [1.54, 1.807) is 0 Å². The van der Waals surface area contributed by atoms with Crippen LogP contribution < -0.4 is 0 Å². The third kappa shape index (κ3) is 2.39. The van der Waals surface area contributed by atoms with Gasteiger partial charge in [-0.25, -0.2) is 22.0 Å². The quantitative estimate of drug-likeness (QED) is 0.278. The van der Waals surface area contributed by atoms with Crippen LogP contribution in [0, 0.1) is 39.7 Å². The molecule has 1 rings (SSSR count). The first-order chi connectivity index (χ1) is 7.91. The highest BCUT2D eigenvalue weighted by Crippen LogP contribution is 2.24. The third-order valence-corrected chi connectivity index (χ3v) is 2.29. The monoisotopic (exact) mass is 267 g/mol. The van der Waals surface area contributed by atoms with Gasteiger partial charge in [0.1, 0.15) is 5.40 Å². The summed E-state index contributed by atoms with van der Waals surface area (Å²) in [6.07, 6.45) is 0. The summed E-state index contributed by atoms with van der Waals surface area (Å²) in [6.45, 7) is 0. The molecule has 0 radical (unpaired) electrons. The lowest BCUT2D eigenvalue weighted by atomic mass is 10.1. The summed E-state index contributed by atoms with van der Waals surface area (Å²) in [5.74, 6) is -13.1. The Balaban J connectivity index is 3.35. The molecule has 0 aliphatic carbocycles. The van der Waals surface area contributed by atoms with E-state index < -0.39 is 46.2 Å². The molecule has 0 aromatic heterocycles. The van der Waals surface area contributed by atoms with Crippen LogP contribution in [0.15, 0.2) is 0 Å². The number of thiocyanates is 1. The molecule has 0 fully saturated rings. The average molecular weight is 267 g/mol. The van der Waals surface area contributed by atoms with Crippen LogP contribution in [0.1, 0.15) is 10.4 Å². The first-order valence-electron chi connectivity index (χ1n) is 3.97. The summed E-state index contributed by atoms with van der Waals surface area (Å²) in [7, 11) is 0. The van der Waals surface area contributed by atoms with Crippen LogP contribution in [-0.2, 0) is 0 Å². The molecule has 8 heteroatoms. The van der Waals surface area contributed by atoms with Gasteiger partial charge in [-0.15, -0.1) is 0 Å². The molecule has 0 atom stereocenters. The number of nitrogens with zero attached hydrogens (tertiary/aromatic N) is 1. The van der Waals surface area contributed by atoms with Gasteiger partial charge in [0.25, 0.3) is 0 Å². The van der Waals surface area contributed by atoms with Crippen LogP contribution in [0.5, 0.6) is 0 Å². The second-order valence-electron chi connectivity index (χ2n) is 2.75. The van der Waals surface area contributed by atoms with Crippen molar-refractivity contribution in [2.24, 2.45) is 0 Å². The molecule has 0 N–H and O–H groups in total. The highest BCUT2D eigenvalue weighted by atomic mass is 32.2. The zero-order valence-electron chi connectivity index (χ0n) is 7.86. The van der Waals surface area contributed by atoms with Crippen molar-refractivity contribution in [2.75, 3.05) is 5.75 Å². The van der Waals surface area contributed by atoms with E-state index in [9.17, 15) is 26.7 Å². The lowest BCUT2D eigenvalue weighted by Gasteiger charge is -2.05. The number of Topliss-reactive ketones (excluding diaryl/α,β-unsaturated/α-hetero) is 1. The summed E-state index contributed by atoms with van der Waals surface area (Å²) < 4.78 is 64.1. The topological polar surface area (TPSA) is 40.9 Å². The van der Waals surface area contributed by atoms with Crippen LogP contribution >= 0.6 is 11.8 Å². The summed E-state index contributed by atoms with van der Waals surface area (Å²) >= 11 is 0.328. The first kappa shape index (κ1) is 13.4. The number of ketones is 1. The van der Waals surface area contributed by atoms with Crippen molar-refractivity contribution in [3.8, 4) is 5.40 Å². The molecule has 0 aliphatic heterocycles. The SMILES string of the molecule is N#CSCC(=O)c1c(F)c(F)c(F)c(F)c1F. The predicted octanol–water partition coefficient (Wildman–Crippen LogP) is 2.78. The number of rotatable bonds is 3. The lowest BCUT2D eigenvalue weighted by Crippen LogP contribution is -2.14. The molecule has 0 heterocycles. The number of carbonyl (C=O) groups is 1. The minimum atomic E-state index is -2.33. The lowest BCUT2D eigenvalue weighted by molar-refractivity contribution is 0.101. The molecule has 1 aromatic rings. The summed E-state index contributed by atoms with van der Waals surface area (Å²) in [6, 6.07) is 0. The molecular formula is C9H2F5NOS. The van der Waals surface area contributed by atoms with Gasteiger partial charge in [-0.3, -0.25) is 4.79 Å². The molecule has 0 aliphatic rings. The van der Waals surface area contributed by atoms with Crippen molar-refractivity contribution in [3.63, 3.8) is 0 Å². The minimum absolute atomic E-state index is 0.328. The number of nitriles is 1. The Morgan fingerprint density at radius 1 is 1.00 bits per heavy atom. The van der Waals surface area contributed by atoms with E-state index in [0.29, 0.717) is 11.8 Å². The Labute approximate surface area is 96.0 Å². The minimum Gasteiger partial charge on any atom is -0.293 e. The number of benzene rings is 1. The average Bonchev–Trinajstić information content (AvgIpc) is 2.31. The number of hydrogen-bond donors (Lipinski definition) is 0. The maximum Gasteiger partial charge on any atom is 0.200 e. The molecule has 1 aromatic carbocycles. The van der Waals surface area contributed by atoms with Crippen molar-refractivity contribution in [1.29, 1.82) is 5.26 Å². The number of carbonyl (C=O) groups excluding carboxylic acids is 1. The maximum absolute atomic E-state index is 13.0. The van der Waals surface area contributed by atoms with E-state index >= 15 is 0 Å².